The van der Waals surface area contributed by atoms with Crippen molar-refractivity contribution in [2.75, 3.05) is 20.8 Å². The van der Waals surface area contributed by atoms with E-state index in [1.807, 2.05) is 18.2 Å². The highest BCUT2D eigenvalue weighted by Gasteiger charge is 2.25. The van der Waals surface area contributed by atoms with Crippen LogP contribution in [-0.4, -0.2) is 41.8 Å². The predicted molar refractivity (Wildman–Crippen MR) is 136 cm³/mol. The van der Waals surface area contributed by atoms with E-state index in [1.165, 1.54) is 18.4 Å². The highest BCUT2D eigenvalue weighted by molar-refractivity contribution is 7.80. The standard InChI is InChI=1S/C26H31N3O3S/c1-31-23-15-19-14-20(25(30)28-22(19)16-24(23)32-2)17-29(21-10-6-7-11-21)26(33)27-13-12-18-8-4-3-5-9-18/h3-5,8-9,14-16,21H,6-7,10-13,17H2,1-2H3,(H,27,33)(H,28,30). The number of methoxy groups -OCH3 is 2. The van der Waals surface area contributed by atoms with E-state index in [0.29, 0.717) is 34.8 Å². The van der Waals surface area contributed by atoms with Gasteiger partial charge in [0.25, 0.3) is 5.56 Å². The predicted octanol–water partition coefficient (Wildman–Crippen LogP) is 4.41. The van der Waals surface area contributed by atoms with E-state index in [-0.39, 0.29) is 5.56 Å². The summed E-state index contributed by atoms with van der Waals surface area (Å²) in [5.41, 5.74) is 2.58. The molecule has 0 saturated heterocycles. The van der Waals surface area contributed by atoms with Crippen LogP contribution in [0.4, 0.5) is 0 Å². The Labute approximate surface area is 199 Å². The molecule has 1 aromatic heterocycles. The Bertz CT molecular complexity index is 1160. The van der Waals surface area contributed by atoms with Crippen LogP contribution in [0, 0.1) is 0 Å². The lowest BCUT2D eigenvalue weighted by molar-refractivity contribution is 0.302. The maximum atomic E-state index is 12.9. The van der Waals surface area contributed by atoms with Crippen LogP contribution in [0.2, 0.25) is 0 Å². The largest absolute Gasteiger partial charge is 0.493 e. The van der Waals surface area contributed by atoms with E-state index in [2.05, 4.69) is 39.5 Å². The number of hydrogen-bond donors (Lipinski definition) is 2. The number of H-pyrrole nitrogens is 1. The van der Waals surface area contributed by atoms with Crippen molar-refractivity contribution in [3.05, 3.63) is 70.0 Å². The van der Waals surface area contributed by atoms with Gasteiger partial charge in [-0.25, -0.2) is 0 Å². The van der Waals surface area contributed by atoms with Crippen molar-refractivity contribution in [3.8, 4) is 11.5 Å². The van der Waals surface area contributed by atoms with Crippen LogP contribution < -0.4 is 20.3 Å². The molecular weight excluding hydrogens is 434 g/mol. The van der Waals surface area contributed by atoms with Gasteiger partial charge >= 0.3 is 0 Å². The van der Waals surface area contributed by atoms with Crippen molar-refractivity contribution in [1.29, 1.82) is 0 Å². The number of pyridine rings is 1. The number of hydrogen-bond acceptors (Lipinski definition) is 4. The van der Waals surface area contributed by atoms with Crippen molar-refractivity contribution in [1.82, 2.24) is 15.2 Å². The molecule has 3 aromatic rings. The molecule has 2 aromatic carbocycles. The molecule has 0 amide bonds. The second-order valence-electron chi connectivity index (χ2n) is 8.45. The maximum Gasteiger partial charge on any atom is 0.253 e. The molecule has 33 heavy (non-hydrogen) atoms. The van der Waals surface area contributed by atoms with Gasteiger partial charge in [-0.05, 0) is 49.2 Å². The average Bonchev–Trinajstić information content (AvgIpc) is 3.37. The first-order chi connectivity index (χ1) is 16.1. The number of nitrogens with one attached hydrogen (secondary N) is 2. The minimum Gasteiger partial charge on any atom is -0.493 e. The smallest absolute Gasteiger partial charge is 0.253 e. The zero-order chi connectivity index (χ0) is 23.2. The number of ether oxygens (including phenoxy) is 2. The minimum atomic E-state index is -0.107. The molecular formula is C26H31N3O3S. The normalized spacial score (nSPS) is 13.8. The summed E-state index contributed by atoms with van der Waals surface area (Å²) in [7, 11) is 3.19. The molecule has 0 atom stereocenters. The van der Waals surface area contributed by atoms with Crippen molar-refractivity contribution in [2.45, 2.75) is 44.7 Å². The van der Waals surface area contributed by atoms with Crippen LogP contribution in [0.15, 0.2) is 53.3 Å². The van der Waals surface area contributed by atoms with Gasteiger partial charge in [0, 0.05) is 29.6 Å². The highest BCUT2D eigenvalue weighted by atomic mass is 32.1. The molecule has 0 aliphatic heterocycles. The fourth-order valence-corrected chi connectivity index (χ4v) is 4.84. The Kier molecular flexibility index (Phi) is 7.50. The van der Waals surface area contributed by atoms with E-state index < -0.39 is 0 Å². The second-order valence-corrected chi connectivity index (χ2v) is 8.84. The van der Waals surface area contributed by atoms with Crippen molar-refractivity contribution in [3.63, 3.8) is 0 Å². The first-order valence-electron chi connectivity index (χ1n) is 11.5. The number of nitrogens with zero attached hydrogens (tertiary/aromatic N) is 1. The molecule has 1 aliphatic carbocycles. The van der Waals surface area contributed by atoms with E-state index in [0.717, 1.165) is 36.7 Å². The molecule has 6 nitrogen and oxygen atoms in total. The third-order valence-corrected chi connectivity index (χ3v) is 6.70. The second kappa shape index (κ2) is 10.7. The molecule has 1 fully saturated rings. The molecule has 2 N–H and O–H groups in total. The van der Waals surface area contributed by atoms with Gasteiger partial charge in [-0.15, -0.1) is 0 Å². The monoisotopic (exact) mass is 465 g/mol. The van der Waals surface area contributed by atoms with Crippen LogP contribution in [0.3, 0.4) is 0 Å². The summed E-state index contributed by atoms with van der Waals surface area (Å²) < 4.78 is 10.8. The highest BCUT2D eigenvalue weighted by Crippen LogP contribution is 2.31. The van der Waals surface area contributed by atoms with Crippen molar-refractivity contribution < 1.29 is 9.47 Å². The minimum absolute atomic E-state index is 0.107. The summed E-state index contributed by atoms with van der Waals surface area (Å²) in [5.74, 6) is 1.22. The number of aromatic amines is 1. The van der Waals surface area contributed by atoms with Crippen LogP contribution >= 0.6 is 12.2 Å². The summed E-state index contributed by atoms with van der Waals surface area (Å²) in [6, 6.07) is 16.3. The topological polar surface area (TPSA) is 66.6 Å². The Morgan fingerprint density at radius 1 is 1.09 bits per heavy atom. The van der Waals surface area contributed by atoms with Crippen LogP contribution in [0.5, 0.6) is 11.5 Å². The van der Waals surface area contributed by atoms with Gasteiger partial charge in [0.2, 0.25) is 0 Å². The summed E-state index contributed by atoms with van der Waals surface area (Å²) in [5, 5.41) is 5.04. The first-order valence-corrected chi connectivity index (χ1v) is 11.9. The molecule has 1 saturated carbocycles. The quantitative estimate of drug-likeness (QED) is 0.481. The lowest BCUT2D eigenvalue weighted by Gasteiger charge is -2.31. The van der Waals surface area contributed by atoms with E-state index in [1.54, 1.807) is 20.3 Å². The zero-order valence-electron chi connectivity index (χ0n) is 19.2. The first kappa shape index (κ1) is 23.1. The molecule has 0 bridgehead atoms. The summed E-state index contributed by atoms with van der Waals surface area (Å²) in [4.78, 5) is 18.1. The summed E-state index contributed by atoms with van der Waals surface area (Å²) >= 11 is 5.80. The number of rotatable bonds is 8. The van der Waals surface area contributed by atoms with Crippen molar-refractivity contribution >= 4 is 28.2 Å². The van der Waals surface area contributed by atoms with Crippen LogP contribution in [-0.2, 0) is 13.0 Å². The third kappa shape index (κ3) is 5.47. The average molecular weight is 466 g/mol. The summed E-state index contributed by atoms with van der Waals surface area (Å²) in [6.45, 7) is 1.23. The molecule has 0 radical (unpaired) electrons. The molecule has 0 spiro atoms. The molecule has 174 valence electrons. The Morgan fingerprint density at radius 2 is 1.79 bits per heavy atom. The number of benzene rings is 2. The van der Waals surface area contributed by atoms with E-state index in [9.17, 15) is 4.79 Å². The van der Waals surface area contributed by atoms with Gasteiger partial charge in [0.1, 0.15) is 0 Å². The Morgan fingerprint density at radius 3 is 2.48 bits per heavy atom. The lowest BCUT2D eigenvalue weighted by atomic mass is 10.1. The van der Waals surface area contributed by atoms with E-state index >= 15 is 0 Å². The van der Waals surface area contributed by atoms with Gasteiger partial charge in [0.15, 0.2) is 16.6 Å². The zero-order valence-corrected chi connectivity index (χ0v) is 20.0. The molecule has 4 rings (SSSR count). The van der Waals surface area contributed by atoms with E-state index in [4.69, 9.17) is 21.7 Å². The van der Waals surface area contributed by atoms with Gasteiger partial charge in [0.05, 0.1) is 26.3 Å². The number of fused-ring (bicyclic) bond motifs is 1. The third-order valence-electron chi connectivity index (χ3n) is 6.33. The fourth-order valence-electron chi connectivity index (χ4n) is 4.52. The van der Waals surface area contributed by atoms with Crippen LogP contribution in [0.25, 0.3) is 10.9 Å². The Hall–Kier alpha value is -3.06. The fraction of sp³-hybridized carbons (Fsp3) is 0.385. The van der Waals surface area contributed by atoms with Gasteiger partial charge in [-0.2, -0.15) is 0 Å². The van der Waals surface area contributed by atoms with Gasteiger partial charge in [-0.3, -0.25) is 4.79 Å². The maximum absolute atomic E-state index is 12.9. The molecule has 1 heterocycles. The van der Waals surface area contributed by atoms with Crippen LogP contribution in [0.1, 0.15) is 36.8 Å². The molecule has 1 aliphatic rings. The lowest BCUT2D eigenvalue weighted by Crippen LogP contribution is -2.45. The summed E-state index contributed by atoms with van der Waals surface area (Å²) in [6.07, 6.45) is 5.48. The number of thiocarbonyl (C=S) groups is 1. The molecule has 0 unspecified atom stereocenters. The molecule has 7 heteroatoms. The van der Waals surface area contributed by atoms with Gasteiger partial charge < -0.3 is 24.7 Å². The van der Waals surface area contributed by atoms with Gasteiger partial charge in [-0.1, -0.05) is 43.2 Å². The van der Waals surface area contributed by atoms with Crippen molar-refractivity contribution in [2.24, 2.45) is 0 Å². The SMILES string of the molecule is COc1cc2cc(CN(C(=S)NCCc3ccccc3)C3CCCC3)c(=O)[nH]c2cc1OC. The number of aromatic nitrogens is 1. The Balaban J connectivity index is 1.54.